The Balaban J connectivity index is 1.57. The van der Waals surface area contributed by atoms with E-state index < -0.39 is 0 Å². The molecule has 0 aromatic heterocycles. The van der Waals surface area contributed by atoms with E-state index in [1.165, 1.54) is 6.07 Å². The highest BCUT2D eigenvalue weighted by Gasteiger charge is 2.05. The maximum Gasteiger partial charge on any atom is 0.220 e. The summed E-state index contributed by atoms with van der Waals surface area (Å²) in [5.41, 5.74) is 1.67. The average molecular weight is 301 g/mol. The number of ether oxygens (including phenoxy) is 1. The van der Waals surface area contributed by atoms with E-state index in [2.05, 4.69) is 5.32 Å². The highest BCUT2D eigenvalue weighted by molar-refractivity contribution is 5.76. The Morgan fingerprint density at radius 2 is 1.77 bits per heavy atom. The van der Waals surface area contributed by atoms with Gasteiger partial charge in [-0.1, -0.05) is 48.5 Å². The van der Waals surface area contributed by atoms with Crippen LogP contribution >= 0.6 is 0 Å². The lowest BCUT2D eigenvalue weighted by Crippen LogP contribution is -2.27. The van der Waals surface area contributed by atoms with Gasteiger partial charge in [-0.15, -0.1) is 0 Å². The quantitative estimate of drug-likeness (QED) is 0.761. The lowest BCUT2D eigenvalue weighted by molar-refractivity contribution is -0.121. The monoisotopic (exact) mass is 301 g/mol. The van der Waals surface area contributed by atoms with Gasteiger partial charge in [0.15, 0.2) is 0 Å². The van der Waals surface area contributed by atoms with Crippen molar-refractivity contribution in [2.75, 3.05) is 13.2 Å². The number of carbonyl (C=O) groups excluding carboxylic acids is 1. The summed E-state index contributed by atoms with van der Waals surface area (Å²) in [7, 11) is 0. The van der Waals surface area contributed by atoms with Gasteiger partial charge in [0.1, 0.15) is 5.82 Å². The molecule has 22 heavy (non-hydrogen) atoms. The molecule has 2 aromatic rings. The highest BCUT2D eigenvalue weighted by Crippen LogP contribution is 2.08. The van der Waals surface area contributed by atoms with E-state index in [9.17, 15) is 9.18 Å². The zero-order valence-corrected chi connectivity index (χ0v) is 12.4. The normalized spacial score (nSPS) is 10.4. The number of rotatable bonds is 8. The Bertz CT molecular complexity index is 587. The number of hydrogen-bond acceptors (Lipinski definition) is 2. The average Bonchev–Trinajstić information content (AvgIpc) is 2.55. The standard InChI is InChI=1S/C18H20FNO2/c19-17-9-5-4-8-16(17)10-11-18(21)20-12-13-22-14-15-6-2-1-3-7-15/h1-9H,10-14H2,(H,20,21). The Labute approximate surface area is 130 Å². The Morgan fingerprint density at radius 1 is 1.05 bits per heavy atom. The number of nitrogens with one attached hydrogen (secondary N) is 1. The van der Waals surface area contributed by atoms with Crippen LogP contribution in [0.1, 0.15) is 17.5 Å². The van der Waals surface area contributed by atoms with Crippen molar-refractivity contribution in [2.45, 2.75) is 19.4 Å². The summed E-state index contributed by atoms with van der Waals surface area (Å²) in [5, 5.41) is 2.77. The number of aryl methyl sites for hydroxylation is 1. The Hall–Kier alpha value is -2.20. The minimum Gasteiger partial charge on any atom is -0.375 e. The van der Waals surface area contributed by atoms with E-state index in [-0.39, 0.29) is 18.1 Å². The summed E-state index contributed by atoms with van der Waals surface area (Å²) in [4.78, 5) is 11.7. The van der Waals surface area contributed by atoms with Crippen LogP contribution in [-0.4, -0.2) is 19.1 Å². The SMILES string of the molecule is O=C(CCc1ccccc1F)NCCOCc1ccccc1. The molecule has 2 aromatic carbocycles. The minimum atomic E-state index is -0.263. The van der Waals surface area contributed by atoms with Crippen LogP contribution in [0.4, 0.5) is 4.39 Å². The zero-order valence-electron chi connectivity index (χ0n) is 12.4. The van der Waals surface area contributed by atoms with Gasteiger partial charge in [0, 0.05) is 13.0 Å². The first-order valence-electron chi connectivity index (χ1n) is 7.37. The smallest absolute Gasteiger partial charge is 0.220 e. The number of amides is 1. The number of carbonyl (C=O) groups is 1. The summed E-state index contributed by atoms with van der Waals surface area (Å²) in [5.74, 6) is -0.354. The van der Waals surface area contributed by atoms with Gasteiger partial charge in [-0.05, 0) is 23.6 Å². The molecule has 0 atom stereocenters. The third-order valence-electron chi connectivity index (χ3n) is 3.26. The Morgan fingerprint density at radius 3 is 2.55 bits per heavy atom. The van der Waals surface area contributed by atoms with Gasteiger partial charge in [0.25, 0.3) is 0 Å². The first-order chi connectivity index (χ1) is 10.8. The van der Waals surface area contributed by atoms with E-state index in [1.807, 2.05) is 30.3 Å². The van der Waals surface area contributed by atoms with Gasteiger partial charge in [-0.3, -0.25) is 4.79 Å². The molecule has 0 aliphatic heterocycles. The van der Waals surface area contributed by atoms with E-state index in [1.54, 1.807) is 18.2 Å². The molecule has 0 unspecified atom stereocenters. The van der Waals surface area contributed by atoms with Gasteiger partial charge >= 0.3 is 0 Å². The summed E-state index contributed by atoms with van der Waals surface area (Å²) >= 11 is 0. The molecule has 0 heterocycles. The summed E-state index contributed by atoms with van der Waals surface area (Å²) in [6.45, 7) is 1.45. The van der Waals surface area contributed by atoms with Crippen molar-refractivity contribution in [3.05, 3.63) is 71.5 Å². The van der Waals surface area contributed by atoms with Crippen molar-refractivity contribution in [3.8, 4) is 0 Å². The number of benzene rings is 2. The molecular formula is C18H20FNO2. The molecule has 1 amide bonds. The van der Waals surface area contributed by atoms with Crippen LogP contribution in [0.25, 0.3) is 0 Å². The first kappa shape index (κ1) is 16.2. The second-order valence-electron chi connectivity index (χ2n) is 4.98. The molecule has 3 nitrogen and oxygen atoms in total. The van der Waals surface area contributed by atoms with Crippen molar-refractivity contribution in [3.63, 3.8) is 0 Å². The summed E-state index contributed by atoms with van der Waals surface area (Å²) in [6, 6.07) is 16.4. The Kier molecular flexibility index (Phi) is 6.58. The second-order valence-corrected chi connectivity index (χ2v) is 4.98. The predicted octanol–water partition coefficient (Wildman–Crippen LogP) is 3.09. The van der Waals surface area contributed by atoms with Crippen LogP contribution in [0.5, 0.6) is 0 Å². The van der Waals surface area contributed by atoms with Gasteiger partial charge in [0.05, 0.1) is 13.2 Å². The molecule has 0 spiro atoms. The van der Waals surface area contributed by atoms with Gasteiger partial charge in [-0.2, -0.15) is 0 Å². The topological polar surface area (TPSA) is 38.3 Å². The van der Waals surface area contributed by atoms with Crippen LogP contribution in [0.2, 0.25) is 0 Å². The van der Waals surface area contributed by atoms with Crippen molar-refractivity contribution in [2.24, 2.45) is 0 Å². The molecule has 0 fully saturated rings. The molecule has 0 radical (unpaired) electrons. The molecule has 116 valence electrons. The molecular weight excluding hydrogens is 281 g/mol. The minimum absolute atomic E-state index is 0.0911. The van der Waals surface area contributed by atoms with E-state index in [0.717, 1.165) is 5.56 Å². The third-order valence-corrected chi connectivity index (χ3v) is 3.26. The van der Waals surface area contributed by atoms with Crippen LogP contribution in [0.15, 0.2) is 54.6 Å². The van der Waals surface area contributed by atoms with Crippen molar-refractivity contribution in [1.29, 1.82) is 0 Å². The zero-order chi connectivity index (χ0) is 15.6. The lowest BCUT2D eigenvalue weighted by atomic mass is 10.1. The van der Waals surface area contributed by atoms with Crippen molar-refractivity contribution < 1.29 is 13.9 Å². The number of hydrogen-bond donors (Lipinski definition) is 1. The third kappa shape index (κ3) is 5.66. The molecule has 0 aliphatic carbocycles. The van der Waals surface area contributed by atoms with Crippen molar-refractivity contribution >= 4 is 5.91 Å². The molecule has 0 aliphatic rings. The van der Waals surface area contributed by atoms with Crippen LogP contribution in [0, 0.1) is 5.82 Å². The van der Waals surface area contributed by atoms with E-state index in [0.29, 0.717) is 31.7 Å². The predicted molar refractivity (Wildman–Crippen MR) is 83.8 cm³/mol. The molecule has 2 rings (SSSR count). The fourth-order valence-electron chi connectivity index (χ4n) is 2.06. The van der Waals surface area contributed by atoms with Gasteiger partial charge in [0.2, 0.25) is 5.91 Å². The fraction of sp³-hybridized carbons (Fsp3) is 0.278. The molecule has 0 saturated carbocycles. The number of halogens is 1. The second kappa shape index (κ2) is 8.95. The van der Waals surface area contributed by atoms with Crippen molar-refractivity contribution in [1.82, 2.24) is 5.32 Å². The molecule has 1 N–H and O–H groups in total. The molecule has 0 bridgehead atoms. The lowest BCUT2D eigenvalue weighted by Gasteiger charge is -2.07. The largest absolute Gasteiger partial charge is 0.375 e. The molecule has 4 heteroatoms. The first-order valence-corrected chi connectivity index (χ1v) is 7.37. The summed E-state index contributed by atoms with van der Waals surface area (Å²) in [6.07, 6.45) is 0.684. The van der Waals surface area contributed by atoms with Gasteiger partial charge < -0.3 is 10.1 Å². The highest BCUT2D eigenvalue weighted by atomic mass is 19.1. The van der Waals surface area contributed by atoms with E-state index >= 15 is 0 Å². The van der Waals surface area contributed by atoms with Gasteiger partial charge in [-0.25, -0.2) is 4.39 Å². The summed E-state index contributed by atoms with van der Waals surface area (Å²) < 4.78 is 18.9. The van der Waals surface area contributed by atoms with Crippen LogP contribution in [-0.2, 0) is 22.6 Å². The van der Waals surface area contributed by atoms with Crippen LogP contribution < -0.4 is 5.32 Å². The van der Waals surface area contributed by atoms with E-state index in [4.69, 9.17) is 4.74 Å². The maximum absolute atomic E-state index is 13.4. The molecule has 0 saturated heterocycles. The van der Waals surface area contributed by atoms with Crippen LogP contribution in [0.3, 0.4) is 0 Å². The fourth-order valence-corrected chi connectivity index (χ4v) is 2.06. The maximum atomic E-state index is 13.4.